The Balaban J connectivity index is 0.000000479. The Morgan fingerprint density at radius 2 is 0.788 bits per heavy atom. The highest BCUT2D eigenvalue weighted by Crippen LogP contribution is 2.49. The monoisotopic (exact) mass is 469 g/mol. The van der Waals surface area contributed by atoms with Crippen molar-refractivity contribution in [2.75, 3.05) is 19.6 Å². The van der Waals surface area contributed by atoms with Crippen molar-refractivity contribution in [3.05, 3.63) is 89.5 Å². The molecule has 3 aromatic carbocycles. The van der Waals surface area contributed by atoms with Gasteiger partial charge in [0.25, 0.3) is 0 Å². The fraction of sp³-hybridized carbons (Fsp3) is 0.333. The van der Waals surface area contributed by atoms with Crippen LogP contribution in [0.25, 0.3) is 0 Å². The van der Waals surface area contributed by atoms with Gasteiger partial charge in [-0.05, 0) is 76.8 Å². The van der Waals surface area contributed by atoms with Crippen LogP contribution < -0.4 is 13.6 Å². The summed E-state index contributed by atoms with van der Waals surface area (Å²) in [6, 6.07) is 21.6. The summed E-state index contributed by atoms with van der Waals surface area (Å²) < 4.78 is 30.2. The van der Waals surface area contributed by atoms with Crippen LogP contribution in [0.1, 0.15) is 37.5 Å². The van der Waals surface area contributed by atoms with E-state index in [-0.39, 0.29) is 0 Å². The summed E-state index contributed by atoms with van der Waals surface area (Å²) in [4.78, 5) is 2.38. The summed E-state index contributed by atoms with van der Waals surface area (Å²) in [5.74, 6) is 1.24. The Kier molecular flexibility index (Phi) is 10.5. The Morgan fingerprint density at radius 1 is 0.545 bits per heavy atom. The van der Waals surface area contributed by atoms with Crippen LogP contribution in [0, 0.1) is 20.8 Å². The van der Waals surface area contributed by atoms with E-state index in [1.165, 1.54) is 19.6 Å². The van der Waals surface area contributed by atoms with E-state index in [0.29, 0.717) is 17.2 Å². The number of phosphoric acid groups is 1. The molecule has 0 atom stereocenters. The summed E-state index contributed by atoms with van der Waals surface area (Å²) in [5, 5.41) is 0. The largest absolute Gasteiger partial charge is 0.647 e. The molecule has 0 saturated carbocycles. The lowest BCUT2D eigenvalue weighted by molar-refractivity contribution is 0.298. The van der Waals surface area contributed by atoms with Crippen molar-refractivity contribution in [2.45, 2.75) is 41.5 Å². The molecular weight excluding hydrogens is 433 g/mol. The Hall–Kier alpha value is -2.75. The zero-order valence-electron chi connectivity index (χ0n) is 20.6. The molecule has 0 saturated heterocycles. The van der Waals surface area contributed by atoms with Crippen molar-refractivity contribution in [1.29, 1.82) is 0 Å². The van der Waals surface area contributed by atoms with Crippen molar-refractivity contribution in [3.8, 4) is 17.2 Å². The predicted molar refractivity (Wildman–Crippen MR) is 136 cm³/mol. The number of benzene rings is 3. The van der Waals surface area contributed by atoms with Gasteiger partial charge in [-0.3, -0.25) is 0 Å². The van der Waals surface area contributed by atoms with E-state index >= 15 is 0 Å². The van der Waals surface area contributed by atoms with Gasteiger partial charge in [0, 0.05) is 0 Å². The molecule has 6 heteroatoms. The van der Waals surface area contributed by atoms with Gasteiger partial charge in [0.2, 0.25) is 0 Å². The molecule has 0 amide bonds. The molecule has 0 aliphatic carbocycles. The molecule has 0 fully saturated rings. The molecule has 0 bridgehead atoms. The fourth-order valence-corrected chi connectivity index (χ4v) is 4.16. The van der Waals surface area contributed by atoms with Crippen molar-refractivity contribution in [3.63, 3.8) is 0 Å². The smallest absolute Gasteiger partial charge is 0.386 e. The van der Waals surface area contributed by atoms with Crippen molar-refractivity contribution >= 4 is 7.82 Å². The lowest BCUT2D eigenvalue weighted by Crippen LogP contribution is -2.21. The summed E-state index contributed by atoms with van der Waals surface area (Å²) in [5.41, 5.74) is 3.23. The van der Waals surface area contributed by atoms with Crippen LogP contribution >= 0.6 is 7.82 Å². The maximum atomic E-state index is 13.3. The SMILES string of the molecule is CCN(CC)CC.Cc1ccc(OP(=O)(Oc2ccc(C)cc2)Oc2ccc(C)cc2)cc1. The third-order valence-electron chi connectivity index (χ3n) is 5.06. The Morgan fingerprint density at radius 3 is 0.970 bits per heavy atom. The maximum absolute atomic E-state index is 13.3. The minimum Gasteiger partial charge on any atom is -0.386 e. The normalized spacial score (nSPS) is 10.9. The molecule has 0 N–H and O–H groups in total. The number of aryl methyl sites for hydroxylation is 3. The summed E-state index contributed by atoms with van der Waals surface area (Å²) in [6.07, 6.45) is 0. The van der Waals surface area contributed by atoms with E-state index in [2.05, 4.69) is 25.7 Å². The topological polar surface area (TPSA) is 48.0 Å². The maximum Gasteiger partial charge on any atom is 0.647 e. The molecular formula is C27H36NO4P. The highest BCUT2D eigenvalue weighted by Gasteiger charge is 2.33. The van der Waals surface area contributed by atoms with Gasteiger partial charge in [-0.1, -0.05) is 73.9 Å². The first kappa shape index (κ1) is 26.5. The number of nitrogens with zero attached hydrogens (tertiary/aromatic N) is 1. The molecule has 0 aliphatic rings. The van der Waals surface area contributed by atoms with Crippen molar-refractivity contribution < 1.29 is 18.1 Å². The number of hydrogen-bond donors (Lipinski definition) is 0. The fourth-order valence-electron chi connectivity index (χ4n) is 2.91. The van der Waals surface area contributed by atoms with E-state index in [9.17, 15) is 4.57 Å². The highest BCUT2D eigenvalue weighted by atomic mass is 31.2. The average Bonchev–Trinajstić information content (AvgIpc) is 2.80. The average molecular weight is 470 g/mol. The minimum atomic E-state index is -3.93. The zero-order chi connectivity index (χ0) is 24.3. The second-order valence-electron chi connectivity index (χ2n) is 7.78. The minimum absolute atomic E-state index is 0.415. The zero-order valence-corrected chi connectivity index (χ0v) is 21.5. The van der Waals surface area contributed by atoms with Crippen LogP contribution in [0.15, 0.2) is 72.8 Å². The summed E-state index contributed by atoms with van der Waals surface area (Å²) in [7, 11) is -3.93. The molecule has 5 nitrogen and oxygen atoms in total. The van der Waals surface area contributed by atoms with Crippen LogP contribution in [-0.2, 0) is 4.57 Å². The Bertz CT molecular complexity index is 870. The van der Waals surface area contributed by atoms with E-state index in [1.54, 1.807) is 36.4 Å². The molecule has 0 aromatic heterocycles. The van der Waals surface area contributed by atoms with Gasteiger partial charge in [-0.2, -0.15) is 4.57 Å². The molecule has 0 spiro atoms. The highest BCUT2D eigenvalue weighted by molar-refractivity contribution is 7.49. The van der Waals surface area contributed by atoms with Gasteiger partial charge >= 0.3 is 7.82 Å². The van der Waals surface area contributed by atoms with E-state index in [0.717, 1.165) is 16.7 Å². The number of hydrogen-bond acceptors (Lipinski definition) is 5. The van der Waals surface area contributed by atoms with E-state index < -0.39 is 7.82 Å². The first-order valence-electron chi connectivity index (χ1n) is 11.4. The molecule has 33 heavy (non-hydrogen) atoms. The third-order valence-corrected chi connectivity index (χ3v) is 6.36. The molecule has 3 aromatic rings. The first-order chi connectivity index (χ1) is 15.8. The summed E-state index contributed by atoms with van der Waals surface area (Å²) in [6.45, 7) is 16.0. The van der Waals surface area contributed by atoms with Crippen molar-refractivity contribution in [1.82, 2.24) is 4.90 Å². The van der Waals surface area contributed by atoms with Crippen LogP contribution in [0.4, 0.5) is 0 Å². The van der Waals surface area contributed by atoms with Gasteiger partial charge in [0.15, 0.2) is 0 Å². The quantitative estimate of drug-likeness (QED) is 0.302. The number of rotatable bonds is 9. The van der Waals surface area contributed by atoms with Gasteiger partial charge in [-0.15, -0.1) is 0 Å². The van der Waals surface area contributed by atoms with Crippen LogP contribution in [-0.4, -0.2) is 24.5 Å². The lowest BCUT2D eigenvalue weighted by Gasteiger charge is -2.19. The van der Waals surface area contributed by atoms with Gasteiger partial charge in [-0.25, -0.2) is 0 Å². The molecule has 0 radical (unpaired) electrons. The summed E-state index contributed by atoms with van der Waals surface area (Å²) >= 11 is 0. The first-order valence-corrected chi connectivity index (χ1v) is 12.8. The van der Waals surface area contributed by atoms with E-state index in [1.807, 2.05) is 57.2 Å². The third kappa shape index (κ3) is 9.33. The number of phosphoric ester groups is 1. The van der Waals surface area contributed by atoms with Crippen molar-refractivity contribution in [2.24, 2.45) is 0 Å². The van der Waals surface area contributed by atoms with E-state index in [4.69, 9.17) is 13.6 Å². The van der Waals surface area contributed by atoms with Gasteiger partial charge in [0.1, 0.15) is 17.2 Å². The standard InChI is InChI=1S/C21H21O4P.C6H15N/c1-16-4-10-19(11-5-16)23-26(22,24-20-12-6-17(2)7-13-20)25-21-14-8-18(3)9-15-21;1-4-7(5-2)6-3/h4-15H,1-3H3;4-6H2,1-3H3. The van der Waals surface area contributed by atoms with Crippen LogP contribution in [0.2, 0.25) is 0 Å². The second kappa shape index (κ2) is 13.1. The molecule has 3 rings (SSSR count). The Labute approximate surface area is 198 Å². The molecule has 0 aliphatic heterocycles. The molecule has 0 heterocycles. The molecule has 178 valence electrons. The van der Waals surface area contributed by atoms with Crippen LogP contribution in [0.3, 0.4) is 0 Å². The molecule has 0 unspecified atom stereocenters. The predicted octanol–water partition coefficient (Wildman–Crippen LogP) is 7.60. The van der Waals surface area contributed by atoms with Gasteiger partial charge in [0.05, 0.1) is 0 Å². The lowest BCUT2D eigenvalue weighted by atomic mass is 10.2. The second-order valence-corrected chi connectivity index (χ2v) is 9.22. The van der Waals surface area contributed by atoms with Gasteiger partial charge < -0.3 is 18.5 Å². The van der Waals surface area contributed by atoms with Crippen LogP contribution in [0.5, 0.6) is 17.2 Å².